The number of benzene rings is 2. The first-order valence-corrected chi connectivity index (χ1v) is 11.4. The smallest absolute Gasteiger partial charge is 0.337 e. The largest absolute Gasteiger partial charge is 0.497 e. The van der Waals surface area contributed by atoms with Crippen molar-refractivity contribution in [2.24, 2.45) is 0 Å². The summed E-state index contributed by atoms with van der Waals surface area (Å²) in [5, 5.41) is 0.316. The van der Waals surface area contributed by atoms with Crippen LogP contribution >= 0.6 is 0 Å². The van der Waals surface area contributed by atoms with Crippen LogP contribution in [0.1, 0.15) is 18.4 Å². The molecule has 0 spiro atoms. The van der Waals surface area contributed by atoms with Crippen LogP contribution in [-0.2, 0) is 6.54 Å². The molecule has 0 saturated heterocycles. The Kier molecular flexibility index (Phi) is 6.12. The van der Waals surface area contributed by atoms with Crippen molar-refractivity contribution in [2.45, 2.75) is 20.4 Å². The molecule has 0 aliphatic carbocycles. The Hall–Kier alpha value is -4.66. The minimum Gasteiger partial charge on any atom is -0.497 e. The molecule has 0 unspecified atom stereocenters. The molecule has 2 aromatic carbocycles. The molecular formula is C27H24N4O5. The summed E-state index contributed by atoms with van der Waals surface area (Å²) >= 11 is 0. The third-order valence-electron chi connectivity index (χ3n) is 5.84. The molecule has 0 N–H and O–H groups in total. The number of nitrogens with zero attached hydrogens (tertiary/aromatic N) is 4. The minimum absolute atomic E-state index is 0.0647. The van der Waals surface area contributed by atoms with Crippen LogP contribution in [0.25, 0.3) is 28.2 Å². The summed E-state index contributed by atoms with van der Waals surface area (Å²) in [7, 11) is 1.57. The van der Waals surface area contributed by atoms with Gasteiger partial charge >= 0.3 is 5.69 Å². The number of rotatable bonds is 7. The summed E-state index contributed by atoms with van der Waals surface area (Å²) in [6.07, 6.45) is 1.55. The zero-order valence-corrected chi connectivity index (χ0v) is 20.1. The summed E-state index contributed by atoms with van der Waals surface area (Å²) in [6, 6.07) is 17.7. The van der Waals surface area contributed by atoms with E-state index in [-0.39, 0.29) is 12.2 Å². The van der Waals surface area contributed by atoms with Crippen LogP contribution in [-0.4, -0.2) is 32.8 Å². The lowest BCUT2D eigenvalue weighted by molar-refractivity contribution is 0.340. The zero-order chi connectivity index (χ0) is 25.2. The van der Waals surface area contributed by atoms with Gasteiger partial charge in [0.25, 0.3) is 5.56 Å². The number of ether oxygens (including phenoxy) is 2. The summed E-state index contributed by atoms with van der Waals surface area (Å²) in [4.78, 5) is 36.0. The van der Waals surface area contributed by atoms with Crippen molar-refractivity contribution in [1.82, 2.24) is 19.1 Å². The number of aromatic nitrogens is 4. The van der Waals surface area contributed by atoms with Gasteiger partial charge in [-0.2, -0.15) is 0 Å². The number of para-hydroxylation sites is 1. The van der Waals surface area contributed by atoms with E-state index < -0.39 is 11.2 Å². The van der Waals surface area contributed by atoms with Crippen molar-refractivity contribution < 1.29 is 13.9 Å². The topological polar surface area (TPSA) is 101 Å². The molecule has 5 aromatic rings. The quantitative estimate of drug-likeness (QED) is 0.345. The van der Waals surface area contributed by atoms with Crippen LogP contribution in [0.3, 0.4) is 0 Å². The van der Waals surface area contributed by atoms with Crippen molar-refractivity contribution in [3.8, 4) is 28.6 Å². The van der Waals surface area contributed by atoms with Gasteiger partial charge in [-0.05, 0) is 62.4 Å². The fourth-order valence-electron chi connectivity index (χ4n) is 4.05. The highest BCUT2D eigenvalue weighted by Crippen LogP contribution is 2.30. The number of hydrogen-bond acceptors (Lipinski definition) is 7. The molecule has 9 heteroatoms. The number of pyridine rings is 1. The molecule has 0 saturated carbocycles. The van der Waals surface area contributed by atoms with Crippen LogP contribution in [0.2, 0.25) is 0 Å². The average Bonchev–Trinajstić information content (AvgIpc) is 3.27. The van der Waals surface area contributed by atoms with E-state index in [0.29, 0.717) is 52.1 Å². The van der Waals surface area contributed by atoms with Crippen molar-refractivity contribution in [1.29, 1.82) is 0 Å². The number of oxazole rings is 1. The maximum absolute atomic E-state index is 13.7. The Labute approximate surface area is 206 Å². The van der Waals surface area contributed by atoms with E-state index in [0.717, 1.165) is 4.57 Å². The number of fused-ring (bicyclic) bond motifs is 1. The van der Waals surface area contributed by atoms with Gasteiger partial charge in [-0.25, -0.2) is 19.3 Å². The first kappa shape index (κ1) is 23.1. The predicted molar refractivity (Wildman–Crippen MR) is 135 cm³/mol. The summed E-state index contributed by atoms with van der Waals surface area (Å²) in [6.45, 7) is 4.09. The van der Waals surface area contributed by atoms with Gasteiger partial charge < -0.3 is 13.9 Å². The van der Waals surface area contributed by atoms with E-state index in [1.165, 1.54) is 4.57 Å². The lowest BCUT2D eigenvalue weighted by Crippen LogP contribution is -2.40. The number of methoxy groups -OCH3 is 1. The standard InChI is InChI=1S/C27H24N4O5/c1-4-35-23-10-6-5-8-20(23)25-29-22(17(2)36-25)16-30-26(32)21-9-7-15-28-24(21)31(27(30)33)18-11-13-19(34-3)14-12-18/h5-15H,4,16H2,1-3H3. The average molecular weight is 485 g/mol. The molecule has 9 nitrogen and oxygen atoms in total. The summed E-state index contributed by atoms with van der Waals surface area (Å²) < 4.78 is 19.4. The Bertz CT molecular complexity index is 1660. The van der Waals surface area contributed by atoms with Gasteiger partial charge in [0.05, 0.1) is 36.9 Å². The SMILES string of the molecule is CCOc1ccccc1-c1nc(Cn2c(=O)c3cccnc3n(-c3ccc(OC)cc3)c2=O)c(C)o1. The molecule has 3 heterocycles. The first-order chi connectivity index (χ1) is 17.5. The van der Waals surface area contributed by atoms with Crippen LogP contribution in [0.15, 0.2) is 80.9 Å². The molecule has 182 valence electrons. The van der Waals surface area contributed by atoms with Gasteiger partial charge in [0.1, 0.15) is 23.0 Å². The number of aryl methyl sites for hydroxylation is 1. The van der Waals surface area contributed by atoms with Crippen molar-refractivity contribution in [3.05, 3.63) is 99.2 Å². The second kappa shape index (κ2) is 9.53. The Morgan fingerprint density at radius 3 is 2.53 bits per heavy atom. The van der Waals surface area contributed by atoms with Crippen molar-refractivity contribution in [2.75, 3.05) is 13.7 Å². The molecule has 36 heavy (non-hydrogen) atoms. The van der Waals surface area contributed by atoms with Crippen LogP contribution in [0.4, 0.5) is 0 Å². The molecule has 0 amide bonds. The highest BCUT2D eigenvalue weighted by Gasteiger charge is 2.20. The van der Waals surface area contributed by atoms with Gasteiger partial charge in [0.2, 0.25) is 5.89 Å². The van der Waals surface area contributed by atoms with E-state index >= 15 is 0 Å². The fourth-order valence-corrected chi connectivity index (χ4v) is 4.05. The van der Waals surface area contributed by atoms with E-state index in [1.807, 2.05) is 31.2 Å². The van der Waals surface area contributed by atoms with Crippen LogP contribution < -0.4 is 20.7 Å². The van der Waals surface area contributed by atoms with Gasteiger partial charge in [-0.15, -0.1) is 0 Å². The monoisotopic (exact) mass is 484 g/mol. The lowest BCUT2D eigenvalue weighted by atomic mass is 10.2. The molecule has 0 bridgehead atoms. The van der Waals surface area contributed by atoms with E-state index in [9.17, 15) is 9.59 Å². The molecular weight excluding hydrogens is 460 g/mol. The third-order valence-corrected chi connectivity index (χ3v) is 5.84. The molecule has 0 radical (unpaired) electrons. The van der Waals surface area contributed by atoms with E-state index in [1.54, 1.807) is 56.6 Å². The fraction of sp³-hybridized carbons (Fsp3) is 0.185. The van der Waals surface area contributed by atoms with Crippen LogP contribution in [0.5, 0.6) is 11.5 Å². The number of hydrogen-bond donors (Lipinski definition) is 0. The predicted octanol–water partition coefficient (Wildman–Crippen LogP) is 3.97. The second-order valence-corrected chi connectivity index (χ2v) is 8.03. The molecule has 0 aliphatic rings. The maximum Gasteiger partial charge on any atom is 0.337 e. The summed E-state index contributed by atoms with van der Waals surface area (Å²) in [5.41, 5.74) is 1.01. The van der Waals surface area contributed by atoms with E-state index in [4.69, 9.17) is 13.9 Å². The van der Waals surface area contributed by atoms with Gasteiger partial charge in [0.15, 0.2) is 5.65 Å². The molecule has 3 aromatic heterocycles. The molecule has 0 atom stereocenters. The lowest BCUT2D eigenvalue weighted by Gasteiger charge is -2.13. The van der Waals surface area contributed by atoms with Crippen molar-refractivity contribution in [3.63, 3.8) is 0 Å². The molecule has 0 fully saturated rings. The van der Waals surface area contributed by atoms with Gasteiger partial charge in [0, 0.05) is 6.20 Å². The van der Waals surface area contributed by atoms with Gasteiger partial charge in [-0.3, -0.25) is 9.36 Å². The highest BCUT2D eigenvalue weighted by atomic mass is 16.5. The molecule has 5 rings (SSSR count). The Balaban J connectivity index is 1.64. The third kappa shape index (κ3) is 4.04. The molecule has 0 aliphatic heterocycles. The van der Waals surface area contributed by atoms with Crippen LogP contribution in [0, 0.1) is 6.92 Å². The minimum atomic E-state index is -0.532. The van der Waals surface area contributed by atoms with E-state index in [2.05, 4.69) is 9.97 Å². The highest BCUT2D eigenvalue weighted by molar-refractivity contribution is 5.75. The van der Waals surface area contributed by atoms with Crippen molar-refractivity contribution >= 4 is 11.0 Å². The maximum atomic E-state index is 13.7. The Morgan fingerprint density at radius 1 is 1.00 bits per heavy atom. The normalized spacial score (nSPS) is 11.1. The zero-order valence-electron chi connectivity index (χ0n) is 20.1. The Morgan fingerprint density at radius 2 is 1.78 bits per heavy atom. The van der Waals surface area contributed by atoms with Gasteiger partial charge in [-0.1, -0.05) is 12.1 Å². The first-order valence-electron chi connectivity index (χ1n) is 11.4. The second-order valence-electron chi connectivity index (χ2n) is 8.03. The summed E-state index contributed by atoms with van der Waals surface area (Å²) in [5.74, 6) is 2.15.